The molecule has 1 aromatic rings. The molecule has 0 saturated carbocycles. The number of rotatable bonds is 6. The number of nitrogens with one attached hydrogen (secondary N) is 1. The van der Waals surface area contributed by atoms with Gasteiger partial charge in [-0.1, -0.05) is 20.3 Å². The number of hydrogen-bond donors (Lipinski definition) is 1. The van der Waals surface area contributed by atoms with Crippen LogP contribution in [-0.4, -0.2) is 36.8 Å². The Labute approximate surface area is 129 Å². The largest absolute Gasteiger partial charge is 0.369 e. The van der Waals surface area contributed by atoms with Crippen molar-refractivity contribution in [2.75, 3.05) is 26.1 Å². The Morgan fingerprint density at radius 2 is 2.15 bits per heavy atom. The number of methoxy groups -OCH3 is 2. The van der Waals surface area contributed by atoms with Gasteiger partial charge in [0.2, 0.25) is 0 Å². The minimum absolute atomic E-state index is 0.111. The maximum atomic E-state index is 5.43. The van der Waals surface area contributed by atoms with Gasteiger partial charge < -0.3 is 14.8 Å². The molecule has 0 aromatic carbocycles. The fourth-order valence-corrected chi connectivity index (χ4v) is 3.63. The Balaban J connectivity index is 2.34. The van der Waals surface area contributed by atoms with Crippen LogP contribution >= 0.6 is 15.9 Å². The van der Waals surface area contributed by atoms with Gasteiger partial charge in [0.25, 0.3) is 0 Å². The molecule has 2 heterocycles. The van der Waals surface area contributed by atoms with Gasteiger partial charge >= 0.3 is 0 Å². The molecule has 6 heteroatoms. The summed E-state index contributed by atoms with van der Waals surface area (Å²) in [6.07, 6.45) is 2.97. The average Bonchev–Trinajstić information content (AvgIpc) is 2.79. The lowest BCUT2D eigenvalue weighted by molar-refractivity contribution is -0.135. The Bertz CT molecular complexity index is 446. The van der Waals surface area contributed by atoms with Crippen LogP contribution < -0.4 is 5.32 Å². The summed E-state index contributed by atoms with van der Waals surface area (Å²) in [5.74, 6) is 1.48. The molecule has 2 rings (SSSR count). The molecule has 0 saturated heterocycles. The van der Waals surface area contributed by atoms with Gasteiger partial charge in [-0.25, -0.2) is 4.68 Å². The number of hydrogen-bond acceptors (Lipinski definition) is 4. The highest BCUT2D eigenvalue weighted by Crippen LogP contribution is 2.38. The predicted octanol–water partition coefficient (Wildman–Crippen LogP) is 3.52. The lowest BCUT2D eigenvalue weighted by Gasteiger charge is -2.30. The Morgan fingerprint density at radius 1 is 1.45 bits per heavy atom. The first-order valence-electron chi connectivity index (χ1n) is 7.21. The normalized spacial score (nSPS) is 19.8. The summed E-state index contributed by atoms with van der Waals surface area (Å²) < 4.78 is 14.0. The van der Waals surface area contributed by atoms with Gasteiger partial charge in [0.05, 0.1) is 10.2 Å². The third-order valence-electron chi connectivity index (χ3n) is 3.89. The molecule has 0 spiro atoms. The van der Waals surface area contributed by atoms with E-state index >= 15 is 0 Å². The van der Waals surface area contributed by atoms with E-state index in [1.54, 1.807) is 14.2 Å². The van der Waals surface area contributed by atoms with Gasteiger partial charge in [0.1, 0.15) is 11.9 Å². The second-order valence-electron chi connectivity index (χ2n) is 5.30. The topological polar surface area (TPSA) is 48.3 Å². The third-order valence-corrected chi connectivity index (χ3v) is 4.67. The molecule has 1 aliphatic rings. The Morgan fingerprint density at radius 3 is 2.75 bits per heavy atom. The van der Waals surface area contributed by atoms with Crippen LogP contribution in [0.1, 0.15) is 50.8 Å². The molecule has 2 atom stereocenters. The quantitative estimate of drug-likeness (QED) is 0.801. The van der Waals surface area contributed by atoms with Gasteiger partial charge in [0.15, 0.2) is 6.29 Å². The van der Waals surface area contributed by atoms with Crippen molar-refractivity contribution in [2.24, 2.45) is 0 Å². The van der Waals surface area contributed by atoms with Crippen LogP contribution in [0.15, 0.2) is 4.47 Å². The van der Waals surface area contributed by atoms with Crippen LogP contribution in [0.2, 0.25) is 0 Å². The van der Waals surface area contributed by atoms with Crippen molar-refractivity contribution < 1.29 is 9.47 Å². The number of nitrogens with zero attached hydrogens (tertiary/aromatic N) is 2. The monoisotopic (exact) mass is 345 g/mol. The van der Waals surface area contributed by atoms with E-state index in [2.05, 4.69) is 35.1 Å². The second-order valence-corrected chi connectivity index (χ2v) is 6.10. The Kier molecular flexibility index (Phi) is 5.46. The molecule has 1 aliphatic heterocycles. The summed E-state index contributed by atoms with van der Waals surface area (Å²) in [4.78, 5) is 0. The highest BCUT2D eigenvalue weighted by molar-refractivity contribution is 9.10. The minimum atomic E-state index is -0.267. The van der Waals surface area contributed by atoms with Gasteiger partial charge in [0, 0.05) is 26.7 Å². The maximum absolute atomic E-state index is 5.43. The van der Waals surface area contributed by atoms with Crippen molar-refractivity contribution in [1.29, 1.82) is 0 Å². The summed E-state index contributed by atoms with van der Waals surface area (Å²) >= 11 is 3.70. The van der Waals surface area contributed by atoms with Gasteiger partial charge in [-0.05, 0) is 28.8 Å². The van der Waals surface area contributed by atoms with Crippen molar-refractivity contribution in [2.45, 2.75) is 51.4 Å². The molecule has 1 N–H and O–H groups in total. The first-order valence-corrected chi connectivity index (χ1v) is 8.00. The molecule has 2 unspecified atom stereocenters. The molecule has 0 radical (unpaired) electrons. The zero-order valence-electron chi connectivity index (χ0n) is 12.6. The standard InChI is InChI=1S/C14H24BrN3O2/c1-5-6-9(2)12-11(15)13-16-8-7-10(18(13)17-12)14(19-3)20-4/h9-10,14,16H,5-8H2,1-4H3. The summed E-state index contributed by atoms with van der Waals surface area (Å²) in [6.45, 7) is 5.33. The molecule has 114 valence electrons. The van der Waals surface area contributed by atoms with E-state index in [1.165, 1.54) is 0 Å². The Hall–Kier alpha value is -0.590. The lowest BCUT2D eigenvalue weighted by Crippen LogP contribution is -2.34. The van der Waals surface area contributed by atoms with Crippen LogP contribution in [0.3, 0.4) is 0 Å². The van der Waals surface area contributed by atoms with Crippen LogP contribution in [0, 0.1) is 0 Å². The van der Waals surface area contributed by atoms with Gasteiger partial charge in [-0.2, -0.15) is 5.10 Å². The third kappa shape index (κ3) is 2.87. The second kappa shape index (κ2) is 6.91. The average molecular weight is 346 g/mol. The molecule has 20 heavy (non-hydrogen) atoms. The number of fused-ring (bicyclic) bond motifs is 1. The summed E-state index contributed by atoms with van der Waals surface area (Å²) in [7, 11) is 3.35. The molecule has 0 amide bonds. The highest BCUT2D eigenvalue weighted by Gasteiger charge is 2.32. The van der Waals surface area contributed by atoms with Crippen LogP contribution in [0.25, 0.3) is 0 Å². The van der Waals surface area contributed by atoms with Crippen LogP contribution in [0.5, 0.6) is 0 Å². The molecule has 0 aliphatic carbocycles. The molecule has 1 aromatic heterocycles. The summed E-state index contributed by atoms with van der Waals surface area (Å²) in [6, 6.07) is 0.111. The molecular formula is C14H24BrN3O2. The SMILES string of the molecule is CCCC(C)c1nn2c(c1Br)NCCC2C(OC)OC. The maximum Gasteiger partial charge on any atom is 0.179 e. The molecule has 5 nitrogen and oxygen atoms in total. The van der Waals surface area contributed by atoms with E-state index in [9.17, 15) is 0 Å². The first kappa shape index (κ1) is 15.8. The zero-order chi connectivity index (χ0) is 14.7. The van der Waals surface area contributed by atoms with Crippen molar-refractivity contribution >= 4 is 21.7 Å². The highest BCUT2D eigenvalue weighted by atomic mass is 79.9. The predicted molar refractivity (Wildman–Crippen MR) is 83.2 cm³/mol. The van der Waals surface area contributed by atoms with Gasteiger partial charge in [-0.15, -0.1) is 0 Å². The summed E-state index contributed by atoms with van der Waals surface area (Å²) in [5, 5.41) is 8.24. The van der Waals surface area contributed by atoms with E-state index in [0.717, 1.165) is 41.8 Å². The molecule has 0 fully saturated rings. The molecular weight excluding hydrogens is 322 g/mol. The fraction of sp³-hybridized carbons (Fsp3) is 0.786. The number of anilines is 1. The minimum Gasteiger partial charge on any atom is -0.369 e. The van der Waals surface area contributed by atoms with Crippen molar-refractivity contribution in [3.05, 3.63) is 10.2 Å². The van der Waals surface area contributed by atoms with E-state index in [1.807, 2.05) is 4.68 Å². The first-order chi connectivity index (χ1) is 9.63. The zero-order valence-corrected chi connectivity index (χ0v) is 14.2. The lowest BCUT2D eigenvalue weighted by atomic mass is 10.0. The van der Waals surface area contributed by atoms with Crippen LogP contribution in [-0.2, 0) is 9.47 Å². The van der Waals surface area contributed by atoms with Crippen molar-refractivity contribution in [3.63, 3.8) is 0 Å². The van der Waals surface area contributed by atoms with E-state index in [4.69, 9.17) is 14.6 Å². The smallest absolute Gasteiger partial charge is 0.179 e. The van der Waals surface area contributed by atoms with E-state index < -0.39 is 0 Å². The van der Waals surface area contributed by atoms with Gasteiger partial charge in [-0.3, -0.25) is 0 Å². The van der Waals surface area contributed by atoms with E-state index in [-0.39, 0.29) is 12.3 Å². The van der Waals surface area contributed by atoms with Crippen molar-refractivity contribution in [1.82, 2.24) is 9.78 Å². The van der Waals surface area contributed by atoms with Crippen LogP contribution in [0.4, 0.5) is 5.82 Å². The van der Waals surface area contributed by atoms with E-state index in [0.29, 0.717) is 5.92 Å². The number of halogens is 1. The molecule has 0 bridgehead atoms. The fourth-order valence-electron chi connectivity index (χ4n) is 2.84. The number of aromatic nitrogens is 2. The van der Waals surface area contributed by atoms with Crippen molar-refractivity contribution in [3.8, 4) is 0 Å². The summed E-state index contributed by atoms with van der Waals surface area (Å²) in [5.41, 5.74) is 1.12. The number of ether oxygens (including phenoxy) is 2.